The van der Waals surface area contributed by atoms with Crippen LogP contribution >= 0.6 is 11.3 Å². The number of para-hydroxylation sites is 1. The van der Waals surface area contributed by atoms with Crippen molar-refractivity contribution in [3.8, 4) is 16.3 Å². The van der Waals surface area contributed by atoms with Crippen LogP contribution in [-0.2, 0) is 0 Å². The van der Waals surface area contributed by atoms with Crippen molar-refractivity contribution >= 4 is 33.1 Å². The summed E-state index contributed by atoms with van der Waals surface area (Å²) in [6.45, 7) is 4.46. The van der Waals surface area contributed by atoms with Gasteiger partial charge in [-0.15, -0.1) is 11.3 Å². The van der Waals surface area contributed by atoms with E-state index in [0.29, 0.717) is 17.9 Å². The SMILES string of the molecule is CCOc1cccc(C(=O)Nc2cc(-c3nc4ccccc4s3)ccc2C)c1. The second-order valence-electron chi connectivity index (χ2n) is 6.43. The first-order chi connectivity index (χ1) is 13.6. The van der Waals surface area contributed by atoms with Crippen molar-refractivity contribution in [2.75, 3.05) is 11.9 Å². The van der Waals surface area contributed by atoms with Crippen LogP contribution in [0, 0.1) is 6.92 Å². The van der Waals surface area contributed by atoms with Crippen molar-refractivity contribution in [2.45, 2.75) is 13.8 Å². The summed E-state index contributed by atoms with van der Waals surface area (Å²) in [4.78, 5) is 17.4. The number of nitrogens with one attached hydrogen (secondary N) is 1. The molecule has 28 heavy (non-hydrogen) atoms. The number of fused-ring (bicyclic) bond motifs is 1. The van der Waals surface area contributed by atoms with Crippen molar-refractivity contribution in [1.29, 1.82) is 0 Å². The van der Waals surface area contributed by atoms with Crippen molar-refractivity contribution in [3.05, 3.63) is 77.9 Å². The molecule has 4 aromatic rings. The molecule has 1 amide bonds. The Labute approximate surface area is 167 Å². The van der Waals surface area contributed by atoms with E-state index in [4.69, 9.17) is 9.72 Å². The van der Waals surface area contributed by atoms with Gasteiger partial charge in [-0.25, -0.2) is 4.98 Å². The van der Waals surface area contributed by atoms with Gasteiger partial charge in [-0.05, 0) is 55.8 Å². The number of aromatic nitrogens is 1. The van der Waals surface area contributed by atoms with E-state index in [2.05, 4.69) is 11.4 Å². The molecule has 0 aliphatic rings. The average Bonchev–Trinajstić information content (AvgIpc) is 3.14. The zero-order valence-corrected chi connectivity index (χ0v) is 16.5. The normalized spacial score (nSPS) is 10.8. The lowest BCUT2D eigenvalue weighted by molar-refractivity contribution is 0.102. The summed E-state index contributed by atoms with van der Waals surface area (Å²) in [5.74, 6) is 0.529. The number of ether oxygens (including phenoxy) is 1. The maximum atomic E-state index is 12.7. The van der Waals surface area contributed by atoms with Gasteiger partial charge in [0.15, 0.2) is 0 Å². The summed E-state index contributed by atoms with van der Waals surface area (Å²) in [6, 6.07) is 21.3. The minimum atomic E-state index is -0.161. The van der Waals surface area contributed by atoms with Gasteiger partial charge in [0, 0.05) is 16.8 Å². The molecule has 0 aliphatic heterocycles. The second kappa shape index (κ2) is 7.82. The molecule has 1 heterocycles. The Balaban J connectivity index is 1.62. The number of hydrogen-bond donors (Lipinski definition) is 1. The highest BCUT2D eigenvalue weighted by Gasteiger charge is 2.12. The molecule has 0 bridgehead atoms. The fraction of sp³-hybridized carbons (Fsp3) is 0.130. The first-order valence-corrected chi connectivity index (χ1v) is 9.96. The molecule has 0 fully saturated rings. The number of rotatable bonds is 5. The molecule has 3 aromatic carbocycles. The Morgan fingerprint density at radius 2 is 1.93 bits per heavy atom. The molecule has 1 N–H and O–H groups in total. The van der Waals surface area contributed by atoms with Gasteiger partial charge in [0.2, 0.25) is 0 Å². The van der Waals surface area contributed by atoms with Gasteiger partial charge < -0.3 is 10.1 Å². The van der Waals surface area contributed by atoms with Gasteiger partial charge in [-0.3, -0.25) is 4.79 Å². The van der Waals surface area contributed by atoms with Crippen molar-refractivity contribution in [3.63, 3.8) is 0 Å². The van der Waals surface area contributed by atoms with E-state index in [1.165, 1.54) is 0 Å². The molecule has 0 saturated heterocycles. The number of hydrogen-bond acceptors (Lipinski definition) is 4. The van der Waals surface area contributed by atoms with Crippen LogP contribution in [0.2, 0.25) is 0 Å². The third kappa shape index (κ3) is 3.75. The van der Waals surface area contributed by atoms with E-state index in [1.54, 1.807) is 23.5 Å². The van der Waals surface area contributed by atoms with Crippen LogP contribution in [0.1, 0.15) is 22.8 Å². The number of thiazole rings is 1. The maximum Gasteiger partial charge on any atom is 0.255 e. The molecule has 0 spiro atoms. The molecule has 0 saturated carbocycles. The Kier molecular flexibility index (Phi) is 5.08. The molecular formula is C23H20N2O2S. The minimum Gasteiger partial charge on any atom is -0.494 e. The number of nitrogens with zero attached hydrogens (tertiary/aromatic N) is 1. The lowest BCUT2D eigenvalue weighted by atomic mass is 10.1. The van der Waals surface area contributed by atoms with Gasteiger partial charge in [0.25, 0.3) is 5.91 Å². The molecule has 4 nitrogen and oxygen atoms in total. The average molecular weight is 388 g/mol. The van der Waals surface area contributed by atoms with E-state index in [1.807, 2.05) is 62.4 Å². The minimum absolute atomic E-state index is 0.161. The number of aryl methyl sites for hydroxylation is 1. The summed E-state index contributed by atoms with van der Waals surface area (Å²) in [5.41, 5.74) is 4.32. The molecule has 0 aliphatic carbocycles. The zero-order chi connectivity index (χ0) is 19.5. The lowest BCUT2D eigenvalue weighted by Crippen LogP contribution is -2.13. The fourth-order valence-corrected chi connectivity index (χ4v) is 3.94. The van der Waals surface area contributed by atoms with Crippen LogP contribution < -0.4 is 10.1 Å². The van der Waals surface area contributed by atoms with Crippen LogP contribution in [0.15, 0.2) is 66.7 Å². The van der Waals surface area contributed by atoms with E-state index in [-0.39, 0.29) is 5.91 Å². The second-order valence-corrected chi connectivity index (χ2v) is 7.46. The fourth-order valence-electron chi connectivity index (χ4n) is 2.97. The molecule has 5 heteroatoms. The summed E-state index contributed by atoms with van der Waals surface area (Å²) in [5, 5.41) is 3.96. The number of anilines is 1. The monoisotopic (exact) mass is 388 g/mol. The third-order valence-electron chi connectivity index (χ3n) is 4.43. The zero-order valence-electron chi connectivity index (χ0n) is 15.7. The van der Waals surface area contributed by atoms with E-state index >= 15 is 0 Å². The smallest absolute Gasteiger partial charge is 0.255 e. The molecule has 140 valence electrons. The first-order valence-electron chi connectivity index (χ1n) is 9.15. The Morgan fingerprint density at radius 3 is 2.75 bits per heavy atom. The standard InChI is InChI=1S/C23H20N2O2S/c1-3-27-18-8-6-7-16(13-18)22(26)24-20-14-17(12-11-15(20)2)23-25-19-9-4-5-10-21(19)28-23/h4-14H,3H2,1-2H3,(H,24,26). The molecule has 0 radical (unpaired) electrons. The molecule has 0 unspecified atom stereocenters. The van der Waals surface area contributed by atoms with E-state index < -0.39 is 0 Å². The molecule has 1 aromatic heterocycles. The van der Waals surface area contributed by atoms with Gasteiger partial charge in [-0.1, -0.05) is 30.3 Å². The Hall–Kier alpha value is -3.18. The highest BCUT2D eigenvalue weighted by molar-refractivity contribution is 7.21. The Morgan fingerprint density at radius 1 is 1.07 bits per heavy atom. The van der Waals surface area contributed by atoms with Gasteiger partial charge in [0.05, 0.1) is 16.8 Å². The number of carbonyl (C=O) groups excluding carboxylic acids is 1. The number of carbonyl (C=O) groups is 1. The largest absolute Gasteiger partial charge is 0.494 e. The maximum absolute atomic E-state index is 12.7. The summed E-state index contributed by atoms with van der Waals surface area (Å²) in [7, 11) is 0. The van der Waals surface area contributed by atoms with Crippen molar-refractivity contribution in [1.82, 2.24) is 4.98 Å². The molecule has 4 rings (SSSR count). The van der Waals surface area contributed by atoms with Crippen LogP contribution in [0.3, 0.4) is 0 Å². The first kappa shape index (κ1) is 18.2. The lowest BCUT2D eigenvalue weighted by Gasteiger charge is -2.11. The van der Waals surface area contributed by atoms with Gasteiger partial charge in [-0.2, -0.15) is 0 Å². The highest BCUT2D eigenvalue weighted by Crippen LogP contribution is 2.32. The molecule has 0 atom stereocenters. The Bertz CT molecular complexity index is 1120. The van der Waals surface area contributed by atoms with Crippen LogP contribution in [0.4, 0.5) is 5.69 Å². The summed E-state index contributed by atoms with van der Waals surface area (Å²) in [6.07, 6.45) is 0. The van der Waals surface area contributed by atoms with Gasteiger partial charge in [0.1, 0.15) is 10.8 Å². The predicted molar refractivity (Wildman–Crippen MR) is 115 cm³/mol. The van der Waals surface area contributed by atoms with E-state index in [9.17, 15) is 4.79 Å². The quantitative estimate of drug-likeness (QED) is 0.461. The van der Waals surface area contributed by atoms with Gasteiger partial charge >= 0.3 is 0 Å². The van der Waals surface area contributed by atoms with Crippen LogP contribution in [-0.4, -0.2) is 17.5 Å². The highest BCUT2D eigenvalue weighted by atomic mass is 32.1. The molecular weight excluding hydrogens is 368 g/mol. The van der Waals surface area contributed by atoms with E-state index in [0.717, 1.165) is 32.0 Å². The predicted octanol–water partition coefficient (Wildman–Crippen LogP) is 5.92. The topological polar surface area (TPSA) is 51.2 Å². The summed E-state index contributed by atoms with van der Waals surface area (Å²) < 4.78 is 6.64. The summed E-state index contributed by atoms with van der Waals surface area (Å²) >= 11 is 1.65. The third-order valence-corrected chi connectivity index (χ3v) is 5.52. The van der Waals surface area contributed by atoms with Crippen molar-refractivity contribution in [2.24, 2.45) is 0 Å². The number of benzene rings is 3. The number of amides is 1. The van der Waals surface area contributed by atoms with Crippen LogP contribution in [0.5, 0.6) is 5.75 Å². The van der Waals surface area contributed by atoms with Crippen LogP contribution in [0.25, 0.3) is 20.8 Å². The van der Waals surface area contributed by atoms with Crippen molar-refractivity contribution < 1.29 is 9.53 Å².